The van der Waals surface area contributed by atoms with E-state index in [1.54, 1.807) is 13.3 Å². The van der Waals surface area contributed by atoms with Gasteiger partial charge in [0, 0.05) is 7.05 Å². The van der Waals surface area contributed by atoms with Crippen molar-refractivity contribution in [3.05, 3.63) is 48.0 Å². The van der Waals surface area contributed by atoms with Crippen molar-refractivity contribution in [1.29, 1.82) is 0 Å². The fourth-order valence-corrected chi connectivity index (χ4v) is 1.56. The topological polar surface area (TPSA) is 36.4 Å². The van der Waals surface area contributed by atoms with Crippen LogP contribution in [-0.2, 0) is 0 Å². The van der Waals surface area contributed by atoms with E-state index in [0.717, 1.165) is 5.56 Å². The van der Waals surface area contributed by atoms with Crippen molar-refractivity contribution in [1.82, 2.24) is 10.7 Å². The molecule has 2 rings (SSSR count). The third-order valence-electron chi connectivity index (χ3n) is 2.38. The molecular formula is C13H13N3S. The highest BCUT2D eigenvalue weighted by molar-refractivity contribution is 7.80. The van der Waals surface area contributed by atoms with Crippen LogP contribution in [0.4, 0.5) is 0 Å². The van der Waals surface area contributed by atoms with Crippen LogP contribution in [0.25, 0.3) is 10.8 Å². The van der Waals surface area contributed by atoms with Crippen LogP contribution in [0.15, 0.2) is 47.6 Å². The van der Waals surface area contributed by atoms with Gasteiger partial charge in [-0.1, -0.05) is 36.4 Å². The number of fused-ring (bicyclic) bond motifs is 1. The lowest BCUT2D eigenvalue weighted by Crippen LogP contribution is -2.28. The quantitative estimate of drug-likeness (QED) is 0.482. The fourth-order valence-electron chi connectivity index (χ4n) is 1.51. The highest BCUT2D eigenvalue weighted by Gasteiger charge is 1.93. The van der Waals surface area contributed by atoms with Gasteiger partial charge in [0.2, 0.25) is 0 Å². The zero-order chi connectivity index (χ0) is 12.1. The minimum Gasteiger partial charge on any atom is -0.364 e. The van der Waals surface area contributed by atoms with Gasteiger partial charge in [0.25, 0.3) is 0 Å². The molecule has 17 heavy (non-hydrogen) atoms. The Morgan fingerprint density at radius 1 is 1.18 bits per heavy atom. The first kappa shape index (κ1) is 11.5. The third-order valence-corrected chi connectivity index (χ3v) is 2.68. The molecule has 3 nitrogen and oxygen atoms in total. The summed E-state index contributed by atoms with van der Waals surface area (Å²) in [6.07, 6.45) is 1.75. The predicted molar refractivity (Wildman–Crippen MR) is 76.3 cm³/mol. The van der Waals surface area contributed by atoms with Crippen molar-refractivity contribution < 1.29 is 0 Å². The van der Waals surface area contributed by atoms with Gasteiger partial charge in [0.1, 0.15) is 0 Å². The van der Waals surface area contributed by atoms with E-state index in [2.05, 4.69) is 40.1 Å². The molecule has 0 fully saturated rings. The van der Waals surface area contributed by atoms with Crippen LogP contribution in [0.1, 0.15) is 5.56 Å². The molecule has 2 aromatic carbocycles. The summed E-state index contributed by atoms with van der Waals surface area (Å²) in [5.74, 6) is 0. The molecule has 4 heteroatoms. The van der Waals surface area contributed by atoms with Crippen LogP contribution in [0.2, 0.25) is 0 Å². The summed E-state index contributed by atoms with van der Waals surface area (Å²) in [4.78, 5) is 0. The van der Waals surface area contributed by atoms with Crippen molar-refractivity contribution in [3.63, 3.8) is 0 Å². The molecule has 0 saturated heterocycles. The smallest absolute Gasteiger partial charge is 0.186 e. The molecule has 86 valence electrons. The molecule has 0 spiro atoms. The van der Waals surface area contributed by atoms with Crippen molar-refractivity contribution in [3.8, 4) is 0 Å². The van der Waals surface area contributed by atoms with E-state index in [1.165, 1.54) is 10.8 Å². The van der Waals surface area contributed by atoms with E-state index in [9.17, 15) is 0 Å². The number of nitrogens with one attached hydrogen (secondary N) is 2. The average molecular weight is 243 g/mol. The van der Waals surface area contributed by atoms with Gasteiger partial charge < -0.3 is 5.32 Å². The summed E-state index contributed by atoms with van der Waals surface area (Å²) in [6.45, 7) is 0. The van der Waals surface area contributed by atoms with Crippen molar-refractivity contribution >= 4 is 34.3 Å². The highest BCUT2D eigenvalue weighted by atomic mass is 32.1. The molecular weight excluding hydrogens is 230 g/mol. The van der Waals surface area contributed by atoms with Gasteiger partial charge in [0.15, 0.2) is 5.11 Å². The molecule has 0 amide bonds. The number of hydrogen-bond donors (Lipinski definition) is 2. The Bertz CT molecular complexity index is 563. The summed E-state index contributed by atoms with van der Waals surface area (Å²) < 4.78 is 0. The maximum Gasteiger partial charge on any atom is 0.186 e. The molecule has 0 aliphatic rings. The zero-order valence-electron chi connectivity index (χ0n) is 9.47. The number of benzene rings is 2. The first-order valence-electron chi connectivity index (χ1n) is 5.29. The van der Waals surface area contributed by atoms with Gasteiger partial charge in [0.05, 0.1) is 6.21 Å². The monoisotopic (exact) mass is 243 g/mol. The minimum absolute atomic E-state index is 0.502. The summed E-state index contributed by atoms with van der Waals surface area (Å²) in [5.41, 5.74) is 3.76. The van der Waals surface area contributed by atoms with Crippen LogP contribution in [-0.4, -0.2) is 18.4 Å². The molecule has 0 aliphatic carbocycles. The fraction of sp³-hybridized carbons (Fsp3) is 0.0769. The molecule has 0 atom stereocenters. The second-order valence-electron chi connectivity index (χ2n) is 3.56. The number of thiocarbonyl (C=S) groups is 1. The molecule has 2 N–H and O–H groups in total. The van der Waals surface area contributed by atoms with Crippen molar-refractivity contribution in [2.45, 2.75) is 0 Å². The molecule has 0 aromatic heterocycles. The van der Waals surface area contributed by atoms with E-state index in [4.69, 9.17) is 12.2 Å². The first-order valence-corrected chi connectivity index (χ1v) is 5.70. The SMILES string of the molecule is CNC(=S)N/N=C\c1ccc2ccccc2c1. The largest absolute Gasteiger partial charge is 0.364 e. The highest BCUT2D eigenvalue weighted by Crippen LogP contribution is 2.14. The molecule has 0 unspecified atom stereocenters. The zero-order valence-corrected chi connectivity index (χ0v) is 10.3. The van der Waals surface area contributed by atoms with Gasteiger partial charge >= 0.3 is 0 Å². The predicted octanol–water partition coefficient (Wildman–Crippen LogP) is 2.27. The van der Waals surface area contributed by atoms with Gasteiger partial charge in [-0.15, -0.1) is 0 Å². The summed E-state index contributed by atoms with van der Waals surface area (Å²) in [7, 11) is 1.75. The lowest BCUT2D eigenvalue weighted by atomic mass is 10.1. The van der Waals surface area contributed by atoms with E-state index >= 15 is 0 Å². The van der Waals surface area contributed by atoms with Gasteiger partial charge in [-0.3, -0.25) is 5.43 Å². The Morgan fingerprint density at radius 2 is 1.94 bits per heavy atom. The lowest BCUT2D eigenvalue weighted by molar-refractivity contribution is 0.982. The van der Waals surface area contributed by atoms with Crippen molar-refractivity contribution in [2.24, 2.45) is 5.10 Å². The van der Waals surface area contributed by atoms with E-state index < -0.39 is 0 Å². The number of nitrogens with zero attached hydrogens (tertiary/aromatic N) is 1. The average Bonchev–Trinajstić information content (AvgIpc) is 2.38. The van der Waals surface area contributed by atoms with Gasteiger partial charge in [-0.05, 0) is 34.6 Å². The molecule has 0 aliphatic heterocycles. The minimum atomic E-state index is 0.502. The maximum absolute atomic E-state index is 4.91. The number of rotatable bonds is 2. The normalized spacial score (nSPS) is 10.6. The van der Waals surface area contributed by atoms with Gasteiger partial charge in [-0.2, -0.15) is 5.10 Å². The van der Waals surface area contributed by atoms with Crippen LogP contribution >= 0.6 is 12.2 Å². The first-order chi connectivity index (χ1) is 8.29. The lowest BCUT2D eigenvalue weighted by Gasteiger charge is -2.01. The molecule has 0 bridgehead atoms. The second kappa shape index (κ2) is 5.41. The van der Waals surface area contributed by atoms with Crippen LogP contribution in [0, 0.1) is 0 Å². The van der Waals surface area contributed by atoms with Crippen LogP contribution in [0.3, 0.4) is 0 Å². The number of hydrazone groups is 1. The number of hydrogen-bond acceptors (Lipinski definition) is 2. The van der Waals surface area contributed by atoms with Crippen LogP contribution < -0.4 is 10.7 Å². The molecule has 0 radical (unpaired) electrons. The van der Waals surface area contributed by atoms with Crippen molar-refractivity contribution in [2.75, 3.05) is 7.05 Å². The Balaban J connectivity index is 2.16. The maximum atomic E-state index is 4.91. The Morgan fingerprint density at radius 3 is 2.71 bits per heavy atom. The van der Waals surface area contributed by atoms with E-state index in [-0.39, 0.29) is 0 Å². The molecule has 0 saturated carbocycles. The van der Waals surface area contributed by atoms with E-state index in [0.29, 0.717) is 5.11 Å². The summed E-state index contributed by atoms with van der Waals surface area (Å²) in [5, 5.41) is 9.76. The summed E-state index contributed by atoms with van der Waals surface area (Å²) in [6, 6.07) is 14.4. The standard InChI is InChI=1S/C13H13N3S/c1-14-13(17)16-15-9-10-6-7-11-4-2-3-5-12(11)8-10/h2-9H,1H3,(H2,14,16,17)/b15-9-. The molecule has 2 aromatic rings. The van der Waals surface area contributed by atoms with Crippen LogP contribution in [0.5, 0.6) is 0 Å². The molecule has 0 heterocycles. The Hall–Kier alpha value is -1.94. The summed E-state index contributed by atoms with van der Waals surface area (Å²) >= 11 is 4.91. The third kappa shape index (κ3) is 3.01. The Labute approximate surface area is 106 Å². The second-order valence-corrected chi connectivity index (χ2v) is 3.96. The Kier molecular flexibility index (Phi) is 3.67. The van der Waals surface area contributed by atoms with Gasteiger partial charge in [-0.25, -0.2) is 0 Å². The van der Waals surface area contributed by atoms with E-state index in [1.807, 2.05) is 18.2 Å².